The van der Waals surface area contributed by atoms with E-state index >= 15 is 0 Å². The Labute approximate surface area is 149 Å². The molecule has 0 radical (unpaired) electrons. The molecule has 5 nitrogen and oxygen atoms in total. The standard InChI is InChI=1S/C17H16Cl2N2O3/c1-10(17(22)21-13-4-2-3-12(18)16(13)19)20-11-5-6-14-15(9-11)24-8-7-23-14/h2-6,9-10,20H,7-8H2,1H3,(H,21,22)/t10-/m1/s1. The Balaban J connectivity index is 1.67. The molecule has 0 saturated heterocycles. The largest absolute Gasteiger partial charge is 0.486 e. The van der Waals surface area contributed by atoms with Crippen LogP contribution in [-0.2, 0) is 4.79 Å². The number of halogens is 2. The van der Waals surface area contributed by atoms with Crippen LogP contribution in [0.4, 0.5) is 11.4 Å². The van der Waals surface area contributed by atoms with E-state index in [1.54, 1.807) is 25.1 Å². The molecule has 0 saturated carbocycles. The fourth-order valence-corrected chi connectivity index (χ4v) is 2.64. The normalized spacial score (nSPS) is 14.0. The van der Waals surface area contributed by atoms with Gasteiger partial charge in [0.2, 0.25) is 5.91 Å². The second-order valence-electron chi connectivity index (χ2n) is 5.32. The van der Waals surface area contributed by atoms with Crippen molar-refractivity contribution in [2.24, 2.45) is 0 Å². The fourth-order valence-electron chi connectivity index (χ4n) is 2.29. The van der Waals surface area contributed by atoms with Gasteiger partial charge in [0, 0.05) is 11.8 Å². The number of amides is 1. The second-order valence-corrected chi connectivity index (χ2v) is 6.10. The summed E-state index contributed by atoms with van der Waals surface area (Å²) in [5.41, 5.74) is 1.24. The van der Waals surface area contributed by atoms with Crippen molar-refractivity contribution in [1.29, 1.82) is 0 Å². The van der Waals surface area contributed by atoms with Gasteiger partial charge in [0.05, 0.1) is 15.7 Å². The number of fused-ring (bicyclic) bond motifs is 1. The van der Waals surface area contributed by atoms with Crippen molar-refractivity contribution < 1.29 is 14.3 Å². The Bertz CT molecular complexity index is 767. The molecule has 1 amide bonds. The van der Waals surface area contributed by atoms with Crippen LogP contribution < -0.4 is 20.1 Å². The van der Waals surface area contributed by atoms with Crippen LogP contribution >= 0.6 is 23.2 Å². The fraction of sp³-hybridized carbons (Fsp3) is 0.235. The topological polar surface area (TPSA) is 59.6 Å². The summed E-state index contributed by atoms with van der Waals surface area (Å²) in [5, 5.41) is 6.59. The first-order chi connectivity index (χ1) is 11.5. The third-order valence-electron chi connectivity index (χ3n) is 3.53. The zero-order valence-corrected chi connectivity index (χ0v) is 14.4. The molecule has 7 heteroatoms. The van der Waals surface area contributed by atoms with Gasteiger partial charge in [-0.25, -0.2) is 0 Å². The molecule has 3 rings (SSSR count). The SMILES string of the molecule is C[C@@H](Nc1ccc2c(c1)OCCO2)C(=O)Nc1cccc(Cl)c1Cl. The molecule has 1 heterocycles. The third kappa shape index (κ3) is 3.68. The van der Waals surface area contributed by atoms with Crippen molar-refractivity contribution in [2.75, 3.05) is 23.8 Å². The summed E-state index contributed by atoms with van der Waals surface area (Å²) >= 11 is 12.0. The molecular formula is C17H16Cl2N2O3. The first-order valence-corrected chi connectivity index (χ1v) is 8.21. The molecule has 1 atom stereocenters. The number of benzene rings is 2. The zero-order chi connectivity index (χ0) is 17.1. The summed E-state index contributed by atoms with van der Waals surface area (Å²) in [6, 6.07) is 10.1. The van der Waals surface area contributed by atoms with Crippen LogP contribution in [0.2, 0.25) is 10.0 Å². The summed E-state index contributed by atoms with van der Waals surface area (Å²) in [4.78, 5) is 12.3. The Kier molecular flexibility index (Phi) is 5.02. The van der Waals surface area contributed by atoms with Gasteiger partial charge >= 0.3 is 0 Å². The summed E-state index contributed by atoms with van der Waals surface area (Å²) in [7, 11) is 0. The van der Waals surface area contributed by atoms with Crippen LogP contribution in [0.3, 0.4) is 0 Å². The Morgan fingerprint density at radius 3 is 2.67 bits per heavy atom. The molecule has 0 unspecified atom stereocenters. The molecular weight excluding hydrogens is 351 g/mol. The molecule has 2 aromatic carbocycles. The number of carbonyl (C=O) groups is 1. The number of anilines is 2. The predicted molar refractivity (Wildman–Crippen MR) is 95.6 cm³/mol. The average molecular weight is 367 g/mol. The molecule has 1 aliphatic rings. The monoisotopic (exact) mass is 366 g/mol. The van der Waals surface area contributed by atoms with E-state index in [4.69, 9.17) is 32.7 Å². The molecule has 0 aromatic heterocycles. The van der Waals surface area contributed by atoms with Crippen LogP contribution in [0.15, 0.2) is 36.4 Å². The number of rotatable bonds is 4. The van der Waals surface area contributed by atoms with E-state index in [2.05, 4.69) is 10.6 Å². The smallest absolute Gasteiger partial charge is 0.246 e. The van der Waals surface area contributed by atoms with Crippen LogP contribution in [0.5, 0.6) is 11.5 Å². The Morgan fingerprint density at radius 2 is 1.88 bits per heavy atom. The second kappa shape index (κ2) is 7.20. The van der Waals surface area contributed by atoms with Gasteiger partial charge < -0.3 is 20.1 Å². The molecule has 2 aromatic rings. The number of hydrogen-bond acceptors (Lipinski definition) is 4. The highest BCUT2D eigenvalue weighted by atomic mass is 35.5. The Morgan fingerprint density at radius 1 is 1.12 bits per heavy atom. The highest BCUT2D eigenvalue weighted by Gasteiger charge is 2.17. The third-order valence-corrected chi connectivity index (χ3v) is 4.35. The van der Waals surface area contributed by atoms with Crippen molar-refractivity contribution >= 4 is 40.5 Å². The zero-order valence-electron chi connectivity index (χ0n) is 12.9. The molecule has 2 N–H and O–H groups in total. The Hall–Kier alpha value is -2.11. The van der Waals surface area contributed by atoms with E-state index in [1.807, 2.05) is 18.2 Å². The molecule has 126 valence electrons. The summed E-state index contributed by atoms with van der Waals surface area (Å²) in [6.07, 6.45) is 0. The highest BCUT2D eigenvalue weighted by Crippen LogP contribution is 2.33. The van der Waals surface area contributed by atoms with Gasteiger partial charge in [0.15, 0.2) is 11.5 Å². The first-order valence-electron chi connectivity index (χ1n) is 7.45. The number of nitrogens with one attached hydrogen (secondary N) is 2. The van der Waals surface area contributed by atoms with Crippen molar-refractivity contribution in [3.05, 3.63) is 46.4 Å². The van der Waals surface area contributed by atoms with Gasteiger partial charge in [-0.3, -0.25) is 4.79 Å². The summed E-state index contributed by atoms with van der Waals surface area (Å²) in [5.74, 6) is 1.14. The molecule has 0 bridgehead atoms. The lowest BCUT2D eigenvalue weighted by atomic mass is 10.2. The van der Waals surface area contributed by atoms with E-state index < -0.39 is 6.04 Å². The summed E-state index contributed by atoms with van der Waals surface area (Å²) < 4.78 is 11.0. The van der Waals surface area contributed by atoms with E-state index in [0.717, 1.165) is 5.69 Å². The first kappa shape index (κ1) is 16.7. The van der Waals surface area contributed by atoms with E-state index in [0.29, 0.717) is 40.4 Å². The maximum absolute atomic E-state index is 12.3. The minimum absolute atomic E-state index is 0.228. The number of carbonyl (C=O) groups excluding carboxylic acids is 1. The van der Waals surface area contributed by atoms with Gasteiger partial charge in [-0.15, -0.1) is 0 Å². The van der Waals surface area contributed by atoms with E-state index in [1.165, 1.54) is 0 Å². The van der Waals surface area contributed by atoms with Gasteiger partial charge in [-0.05, 0) is 31.2 Å². The predicted octanol–water partition coefficient (Wildman–Crippen LogP) is 4.20. The quantitative estimate of drug-likeness (QED) is 0.850. The highest BCUT2D eigenvalue weighted by molar-refractivity contribution is 6.44. The van der Waals surface area contributed by atoms with Crippen molar-refractivity contribution in [2.45, 2.75) is 13.0 Å². The van der Waals surface area contributed by atoms with E-state index in [-0.39, 0.29) is 5.91 Å². The van der Waals surface area contributed by atoms with Crippen molar-refractivity contribution in [3.8, 4) is 11.5 Å². The average Bonchev–Trinajstić information content (AvgIpc) is 2.58. The maximum atomic E-state index is 12.3. The summed E-state index contributed by atoms with van der Waals surface area (Å²) in [6.45, 7) is 2.81. The minimum atomic E-state index is -0.484. The molecule has 0 aliphatic carbocycles. The van der Waals surface area contributed by atoms with Gasteiger partial charge in [-0.1, -0.05) is 29.3 Å². The lowest BCUT2D eigenvalue weighted by molar-refractivity contribution is -0.116. The van der Waals surface area contributed by atoms with Gasteiger partial charge in [0.1, 0.15) is 19.3 Å². The maximum Gasteiger partial charge on any atom is 0.246 e. The van der Waals surface area contributed by atoms with Crippen molar-refractivity contribution in [1.82, 2.24) is 0 Å². The van der Waals surface area contributed by atoms with Crippen molar-refractivity contribution in [3.63, 3.8) is 0 Å². The van der Waals surface area contributed by atoms with Crippen LogP contribution in [0, 0.1) is 0 Å². The van der Waals surface area contributed by atoms with Gasteiger partial charge in [0.25, 0.3) is 0 Å². The molecule has 1 aliphatic heterocycles. The van der Waals surface area contributed by atoms with Gasteiger partial charge in [-0.2, -0.15) is 0 Å². The van der Waals surface area contributed by atoms with Crippen LogP contribution in [0.1, 0.15) is 6.92 Å². The minimum Gasteiger partial charge on any atom is -0.486 e. The van der Waals surface area contributed by atoms with Crippen LogP contribution in [-0.4, -0.2) is 25.2 Å². The molecule has 0 spiro atoms. The molecule has 24 heavy (non-hydrogen) atoms. The number of hydrogen-bond donors (Lipinski definition) is 2. The lowest BCUT2D eigenvalue weighted by Gasteiger charge is -2.21. The van der Waals surface area contributed by atoms with E-state index in [9.17, 15) is 4.79 Å². The van der Waals surface area contributed by atoms with Crippen LogP contribution in [0.25, 0.3) is 0 Å². The molecule has 0 fully saturated rings. The lowest BCUT2D eigenvalue weighted by Crippen LogP contribution is -2.32. The number of ether oxygens (including phenoxy) is 2.